The normalized spacial score (nSPS) is 36.0. The molecule has 8 fully saturated rings. The number of fused-ring (bicyclic) bond motifs is 6. The third kappa shape index (κ3) is 19.1. The van der Waals surface area contributed by atoms with Crippen LogP contribution in [0, 0.1) is 163 Å². The Balaban J connectivity index is 0.000000486. The molecule has 8 saturated carbocycles. The Bertz CT molecular complexity index is 1790. The van der Waals surface area contributed by atoms with Crippen LogP contribution in [0.3, 0.4) is 0 Å². The van der Waals surface area contributed by atoms with Gasteiger partial charge in [-0.3, -0.25) is 0 Å². The molecule has 17 unspecified atom stereocenters. The van der Waals surface area contributed by atoms with E-state index < -0.39 is 41.7 Å². The van der Waals surface area contributed by atoms with Gasteiger partial charge in [0.25, 0.3) is 0 Å². The van der Waals surface area contributed by atoms with Crippen LogP contribution in [0.15, 0.2) is 30.3 Å². The zero-order valence-electron chi connectivity index (χ0n) is 57.3. The van der Waals surface area contributed by atoms with Gasteiger partial charge >= 0.3 is 75.7 Å². The van der Waals surface area contributed by atoms with Crippen LogP contribution in [0.2, 0.25) is 0 Å². The van der Waals surface area contributed by atoms with Gasteiger partial charge in [-0.25, -0.2) is 0 Å². The molecular weight excluding hydrogens is 1230 g/mol. The van der Waals surface area contributed by atoms with E-state index in [2.05, 4.69) is 148 Å². The predicted molar refractivity (Wildman–Crippen MR) is 359 cm³/mol. The summed E-state index contributed by atoms with van der Waals surface area (Å²) >= 11 is -1.65. The third-order valence-corrected chi connectivity index (χ3v) is 25.5. The summed E-state index contributed by atoms with van der Waals surface area (Å²) in [6, 6.07) is 12.1. The minimum atomic E-state index is -0.826. The molecule has 9 rings (SSSR count). The molecule has 0 aliphatic heterocycles. The topological polar surface area (TPSA) is 0 Å². The van der Waals surface area contributed by atoms with Crippen molar-refractivity contribution in [1.82, 2.24) is 0 Å². The van der Waals surface area contributed by atoms with E-state index >= 15 is 0 Å². The summed E-state index contributed by atoms with van der Waals surface area (Å²) in [5, 5.41) is 0. The van der Waals surface area contributed by atoms with E-state index in [0.29, 0.717) is 32.5 Å². The van der Waals surface area contributed by atoms with Crippen LogP contribution in [-0.4, -0.2) is 0 Å². The summed E-state index contributed by atoms with van der Waals surface area (Å²) in [6.07, 6.45) is 35.8. The van der Waals surface area contributed by atoms with Gasteiger partial charge in [-0.2, -0.15) is 0 Å². The molecule has 6 heteroatoms. The van der Waals surface area contributed by atoms with Crippen molar-refractivity contribution >= 4 is 34.1 Å². The summed E-state index contributed by atoms with van der Waals surface area (Å²) in [6.45, 7) is 43.5. The van der Waals surface area contributed by atoms with E-state index in [1.807, 2.05) is 0 Å². The monoisotopic (exact) mass is 1350 g/mol. The second-order valence-electron chi connectivity index (χ2n) is 33.5. The first kappa shape index (κ1) is 79.2. The van der Waals surface area contributed by atoms with E-state index in [9.17, 15) is 0 Å². The van der Waals surface area contributed by atoms with Gasteiger partial charge in [-0.05, 0) is 247 Å². The van der Waals surface area contributed by atoms with E-state index in [1.54, 1.807) is 37.7 Å². The zero-order valence-corrected chi connectivity index (χ0v) is 65.2. The molecule has 8 aliphatic rings. The van der Waals surface area contributed by atoms with Crippen LogP contribution in [0.4, 0.5) is 0 Å². The molecular formula is C75H134Cl4Zr2. The first-order chi connectivity index (χ1) is 36.1. The molecule has 0 amide bonds. The Morgan fingerprint density at radius 1 is 0.358 bits per heavy atom. The molecule has 0 radical (unpaired) electrons. The summed E-state index contributed by atoms with van der Waals surface area (Å²) in [7, 11) is 19.7. The van der Waals surface area contributed by atoms with Gasteiger partial charge in [-0.15, -0.1) is 0 Å². The molecule has 0 heterocycles. The molecule has 0 saturated heterocycles. The van der Waals surface area contributed by atoms with Crippen molar-refractivity contribution < 1.29 is 41.7 Å². The fourth-order valence-corrected chi connectivity index (χ4v) is 21.1. The van der Waals surface area contributed by atoms with Crippen molar-refractivity contribution in [3.63, 3.8) is 0 Å². The Kier molecular flexibility index (Phi) is 33.3. The number of rotatable bonds is 11. The Morgan fingerprint density at radius 3 is 0.951 bits per heavy atom. The van der Waals surface area contributed by atoms with Gasteiger partial charge < -0.3 is 29.7 Å². The van der Waals surface area contributed by atoms with Gasteiger partial charge in [0.05, 0.1) is 0 Å². The number of halogens is 4. The van der Waals surface area contributed by atoms with Crippen LogP contribution < -0.4 is 0 Å². The van der Waals surface area contributed by atoms with Crippen LogP contribution in [0.5, 0.6) is 0 Å². The van der Waals surface area contributed by atoms with Gasteiger partial charge in [0, 0.05) is 0 Å². The van der Waals surface area contributed by atoms with Crippen LogP contribution >= 0.6 is 34.1 Å². The van der Waals surface area contributed by atoms with E-state index in [0.717, 1.165) is 107 Å². The quantitative estimate of drug-likeness (QED) is 0.194. The van der Waals surface area contributed by atoms with Crippen molar-refractivity contribution in [3.05, 3.63) is 65.6 Å². The first-order valence-corrected chi connectivity index (χ1v) is 45.7. The number of hydrogen-bond acceptors (Lipinski definition) is 0. The molecule has 0 N–H and O–H groups in total. The summed E-state index contributed by atoms with van der Waals surface area (Å²) in [5.74, 6) is 17.3. The van der Waals surface area contributed by atoms with E-state index in [1.165, 1.54) is 122 Å². The van der Waals surface area contributed by atoms with Gasteiger partial charge in [0.15, 0.2) is 0 Å². The fourth-order valence-electron chi connectivity index (χ4n) is 21.1. The molecule has 81 heavy (non-hydrogen) atoms. The second-order valence-corrected chi connectivity index (χ2v) is 41.0. The molecule has 0 bridgehead atoms. The van der Waals surface area contributed by atoms with Crippen molar-refractivity contribution in [2.75, 3.05) is 0 Å². The molecule has 1 aromatic carbocycles. The van der Waals surface area contributed by atoms with Crippen LogP contribution in [0.25, 0.3) is 0 Å². The molecule has 0 aromatic heterocycles. The standard InChI is InChI=1S/C38H62.C33H60.4CH3.4ClH.2Zr/c1-9-10-14-26-17-18-30(23-26)38(8,27-15-12-11-13-16-27)35-33-24-28(36(2,3)4)19-21-31(33)32-22-20-29(25-34(32)35)37(5,6)7;1-10-11-12-22-13-14-25(19-22)33(8,9)30-28-20-23(31(2,3)4)15-17-26(28)27-18-16-24(21-29(27)30)32(5,6)7;;;;;;;;;;/h11-13,15-16,26,28-35H,9-10,14,17-25H2,1-8H3;22-30H,10-21H2,1-9H3;4*1H3;4*1H;;/q;;4*-1;;;;;2*+4/p-4. The first-order valence-electron chi connectivity index (χ1n) is 33.1. The third-order valence-electron chi connectivity index (χ3n) is 25.5. The number of hydrogen-bond donors (Lipinski definition) is 0. The molecule has 8 aliphatic carbocycles. The molecule has 17 atom stereocenters. The molecule has 470 valence electrons. The summed E-state index contributed by atoms with van der Waals surface area (Å²) in [5.41, 5.74) is 4.41. The summed E-state index contributed by atoms with van der Waals surface area (Å²) < 4.78 is 0. The SMILES string of the molecule is CCCCC1CCC(C(C)(C)C2C3CC(C(C)(C)C)CCC3C3CCC(C(C)(C)C)CC32)C1.CCCCC1CCC(C(C)(c2ccccc2)C2C3CC(C(C)(C)C)CCC3C3CCC(C(C)(C)C)CC32)C1.[CH3-].[CH3-].[CH3-].[CH3-].[Cl][Zr+2][Cl].[Cl][Zr+2][Cl]. The van der Waals surface area contributed by atoms with Crippen molar-refractivity contribution in [2.24, 2.45) is 134 Å². The predicted octanol–water partition coefficient (Wildman–Crippen LogP) is 26.3. The summed E-state index contributed by atoms with van der Waals surface area (Å²) in [4.78, 5) is 0. The Hall–Kier alpha value is 2.15. The average Bonchev–Trinajstić information content (AvgIpc) is 4.18. The number of unbranched alkanes of at least 4 members (excludes halogenated alkanes) is 2. The maximum atomic E-state index is 4.93. The molecule has 0 spiro atoms. The van der Waals surface area contributed by atoms with E-state index in [4.69, 9.17) is 34.1 Å². The maximum absolute atomic E-state index is 4.93. The van der Waals surface area contributed by atoms with Crippen LogP contribution in [-0.2, 0) is 47.1 Å². The van der Waals surface area contributed by atoms with Gasteiger partial charge in [0.2, 0.25) is 0 Å². The fraction of sp³-hybridized carbons (Fsp3) is 0.867. The van der Waals surface area contributed by atoms with Crippen molar-refractivity contribution in [2.45, 2.75) is 277 Å². The Labute approximate surface area is 546 Å². The van der Waals surface area contributed by atoms with Crippen molar-refractivity contribution in [3.8, 4) is 0 Å². The zero-order chi connectivity index (χ0) is 56.9. The second kappa shape index (κ2) is 34.0. The van der Waals surface area contributed by atoms with E-state index in [-0.39, 0.29) is 29.7 Å². The average molecular weight is 1360 g/mol. The van der Waals surface area contributed by atoms with Crippen molar-refractivity contribution in [1.29, 1.82) is 0 Å². The van der Waals surface area contributed by atoms with Crippen LogP contribution in [0.1, 0.15) is 277 Å². The minimum absolute atomic E-state index is 0. The number of benzene rings is 1. The molecule has 1 aromatic rings. The van der Waals surface area contributed by atoms with Gasteiger partial charge in [-0.1, -0.05) is 199 Å². The molecule has 0 nitrogen and oxygen atoms in total. The van der Waals surface area contributed by atoms with Gasteiger partial charge in [0.1, 0.15) is 0 Å². The Morgan fingerprint density at radius 2 is 0.642 bits per heavy atom.